The van der Waals surface area contributed by atoms with Gasteiger partial charge in [-0.3, -0.25) is 5.41 Å². The van der Waals surface area contributed by atoms with Crippen LogP contribution in [0.2, 0.25) is 0 Å². The van der Waals surface area contributed by atoms with Gasteiger partial charge in [0.05, 0.1) is 5.52 Å². The van der Waals surface area contributed by atoms with Crippen LogP contribution in [0.4, 0.5) is 0 Å². The maximum absolute atomic E-state index is 7.30. The summed E-state index contributed by atoms with van der Waals surface area (Å²) in [4.78, 5) is 8.01. The highest BCUT2D eigenvalue weighted by Crippen LogP contribution is 2.12. The molecular weight excluding hydrogens is 200 g/mol. The number of nitrogens with two attached hydrogens (primary N) is 1. The van der Waals surface area contributed by atoms with E-state index < -0.39 is 0 Å². The van der Waals surface area contributed by atoms with Crippen molar-refractivity contribution in [1.29, 1.82) is 5.41 Å². The van der Waals surface area contributed by atoms with E-state index in [2.05, 4.69) is 9.97 Å². The van der Waals surface area contributed by atoms with Crippen molar-refractivity contribution in [3.05, 3.63) is 36.3 Å². The van der Waals surface area contributed by atoms with Crippen LogP contribution in [0.1, 0.15) is 5.69 Å². The van der Waals surface area contributed by atoms with Gasteiger partial charge in [-0.1, -0.05) is 18.2 Å². The molecule has 0 radical (unpaired) electrons. The van der Waals surface area contributed by atoms with E-state index in [0.29, 0.717) is 5.69 Å². The van der Waals surface area contributed by atoms with E-state index in [1.165, 1.54) is 6.33 Å². The normalized spacial score (nSPS) is 9.43. The van der Waals surface area contributed by atoms with Crippen LogP contribution >= 0.6 is 12.4 Å². The molecule has 0 aliphatic carbocycles. The number of fused-ring (bicyclic) bond motifs is 1. The predicted molar refractivity (Wildman–Crippen MR) is 57.8 cm³/mol. The second kappa shape index (κ2) is 4.02. The van der Waals surface area contributed by atoms with E-state index in [4.69, 9.17) is 11.1 Å². The fraction of sp³-hybridized carbons (Fsp3) is 0. The Labute approximate surface area is 87.1 Å². The van der Waals surface area contributed by atoms with Crippen molar-refractivity contribution in [1.82, 2.24) is 9.97 Å². The molecule has 4 nitrogen and oxygen atoms in total. The third-order valence-electron chi connectivity index (χ3n) is 1.80. The van der Waals surface area contributed by atoms with Crippen LogP contribution in [0.5, 0.6) is 0 Å². The molecule has 0 bridgehead atoms. The summed E-state index contributed by atoms with van der Waals surface area (Å²) in [7, 11) is 0. The van der Waals surface area contributed by atoms with Gasteiger partial charge >= 0.3 is 0 Å². The summed E-state index contributed by atoms with van der Waals surface area (Å²) in [6.07, 6.45) is 1.42. The Morgan fingerprint density at radius 3 is 2.64 bits per heavy atom. The summed E-state index contributed by atoms with van der Waals surface area (Å²) in [5, 5.41) is 8.12. The van der Waals surface area contributed by atoms with Crippen molar-refractivity contribution < 1.29 is 0 Å². The first-order valence-electron chi connectivity index (χ1n) is 3.83. The standard InChI is InChI=1S/C9H8N4.ClH/c10-9(11)8-6-3-1-2-4-7(6)12-5-13-8;/h1-5H,(H3,10,11);1H. The largest absolute Gasteiger partial charge is 0.382 e. The lowest BCUT2D eigenvalue weighted by Gasteiger charge is -2.01. The fourth-order valence-corrected chi connectivity index (χ4v) is 1.22. The van der Waals surface area contributed by atoms with Gasteiger partial charge in [-0.05, 0) is 6.07 Å². The van der Waals surface area contributed by atoms with Gasteiger partial charge in [0.2, 0.25) is 0 Å². The Balaban J connectivity index is 0.000000980. The monoisotopic (exact) mass is 208 g/mol. The van der Waals surface area contributed by atoms with E-state index in [9.17, 15) is 0 Å². The van der Waals surface area contributed by atoms with Crippen LogP contribution in [0.3, 0.4) is 0 Å². The Morgan fingerprint density at radius 1 is 1.21 bits per heavy atom. The molecule has 14 heavy (non-hydrogen) atoms. The van der Waals surface area contributed by atoms with E-state index >= 15 is 0 Å². The highest BCUT2D eigenvalue weighted by atomic mass is 35.5. The van der Waals surface area contributed by atoms with Crippen LogP contribution in [0, 0.1) is 5.41 Å². The minimum absolute atomic E-state index is 0. The van der Waals surface area contributed by atoms with Crippen molar-refractivity contribution >= 4 is 29.1 Å². The third-order valence-corrected chi connectivity index (χ3v) is 1.80. The molecule has 0 aliphatic heterocycles. The highest BCUT2D eigenvalue weighted by Gasteiger charge is 2.03. The SMILES string of the molecule is Cl.N=C(N)c1ncnc2ccccc12. The van der Waals surface area contributed by atoms with Crippen molar-refractivity contribution in [2.45, 2.75) is 0 Å². The molecule has 2 aromatic rings. The lowest BCUT2D eigenvalue weighted by molar-refractivity contribution is 1.19. The quantitative estimate of drug-likeness (QED) is 0.549. The Bertz CT molecular complexity index is 464. The lowest BCUT2D eigenvalue weighted by atomic mass is 10.2. The fourth-order valence-electron chi connectivity index (χ4n) is 1.22. The van der Waals surface area contributed by atoms with Crippen LogP contribution in [0.25, 0.3) is 10.9 Å². The van der Waals surface area contributed by atoms with Crippen LogP contribution in [-0.4, -0.2) is 15.8 Å². The summed E-state index contributed by atoms with van der Waals surface area (Å²) in [6, 6.07) is 7.48. The van der Waals surface area contributed by atoms with Crippen molar-refractivity contribution in [3.63, 3.8) is 0 Å². The molecule has 0 aliphatic rings. The van der Waals surface area contributed by atoms with Crippen molar-refractivity contribution in [2.24, 2.45) is 5.73 Å². The Morgan fingerprint density at radius 2 is 1.93 bits per heavy atom. The number of nitrogens with zero attached hydrogens (tertiary/aromatic N) is 2. The first kappa shape index (κ1) is 10.4. The first-order chi connectivity index (χ1) is 6.29. The van der Waals surface area contributed by atoms with E-state index in [1.807, 2.05) is 24.3 Å². The molecule has 2 rings (SSSR count). The topological polar surface area (TPSA) is 75.7 Å². The molecule has 0 saturated heterocycles. The summed E-state index contributed by atoms with van der Waals surface area (Å²) >= 11 is 0. The number of amidine groups is 1. The predicted octanol–water partition coefficient (Wildman–Crippen LogP) is 1.34. The van der Waals surface area contributed by atoms with Crippen molar-refractivity contribution in [3.8, 4) is 0 Å². The lowest BCUT2D eigenvalue weighted by Crippen LogP contribution is -2.13. The average molecular weight is 209 g/mol. The van der Waals surface area contributed by atoms with E-state index in [1.54, 1.807) is 0 Å². The van der Waals surface area contributed by atoms with E-state index in [0.717, 1.165) is 10.9 Å². The maximum Gasteiger partial charge on any atom is 0.142 e. The van der Waals surface area contributed by atoms with Gasteiger partial charge in [-0.25, -0.2) is 9.97 Å². The maximum atomic E-state index is 7.30. The number of hydrogen-bond donors (Lipinski definition) is 2. The second-order valence-corrected chi connectivity index (χ2v) is 2.65. The minimum Gasteiger partial charge on any atom is -0.382 e. The average Bonchev–Trinajstić information content (AvgIpc) is 2.17. The van der Waals surface area contributed by atoms with Crippen LogP contribution < -0.4 is 5.73 Å². The number of halogens is 1. The summed E-state index contributed by atoms with van der Waals surface area (Å²) in [6.45, 7) is 0. The molecule has 3 N–H and O–H groups in total. The van der Waals surface area contributed by atoms with Gasteiger partial charge in [0.15, 0.2) is 0 Å². The molecule has 0 atom stereocenters. The zero-order chi connectivity index (χ0) is 9.26. The first-order valence-corrected chi connectivity index (χ1v) is 3.83. The van der Waals surface area contributed by atoms with E-state index in [-0.39, 0.29) is 18.2 Å². The number of para-hydroxylation sites is 1. The molecule has 0 unspecified atom stereocenters. The van der Waals surface area contributed by atoms with Crippen LogP contribution in [0.15, 0.2) is 30.6 Å². The molecule has 72 valence electrons. The number of aromatic nitrogens is 2. The minimum atomic E-state index is -0.0291. The Hall–Kier alpha value is -1.68. The van der Waals surface area contributed by atoms with Gasteiger partial charge in [-0.15, -0.1) is 12.4 Å². The number of rotatable bonds is 1. The molecule has 1 aromatic heterocycles. The molecule has 1 aromatic carbocycles. The van der Waals surface area contributed by atoms with Gasteiger partial charge < -0.3 is 5.73 Å². The van der Waals surface area contributed by atoms with Crippen molar-refractivity contribution in [2.75, 3.05) is 0 Å². The smallest absolute Gasteiger partial charge is 0.142 e. The van der Waals surface area contributed by atoms with Gasteiger partial charge in [0.1, 0.15) is 17.9 Å². The number of hydrogen-bond acceptors (Lipinski definition) is 3. The number of benzene rings is 1. The summed E-state index contributed by atoms with van der Waals surface area (Å²) in [5.74, 6) is -0.0291. The summed E-state index contributed by atoms with van der Waals surface area (Å²) < 4.78 is 0. The zero-order valence-electron chi connectivity index (χ0n) is 7.27. The molecule has 5 heteroatoms. The highest BCUT2D eigenvalue weighted by molar-refractivity contribution is 6.04. The summed E-state index contributed by atoms with van der Waals surface area (Å²) in [5.41, 5.74) is 6.67. The van der Waals surface area contributed by atoms with Gasteiger partial charge in [0, 0.05) is 5.39 Å². The molecule has 0 spiro atoms. The molecule has 0 fully saturated rings. The van der Waals surface area contributed by atoms with Gasteiger partial charge in [-0.2, -0.15) is 0 Å². The molecular formula is C9H9ClN4. The third kappa shape index (κ3) is 1.65. The molecule has 0 amide bonds. The molecule has 1 heterocycles. The number of nitrogen functional groups attached to an aromatic ring is 1. The second-order valence-electron chi connectivity index (χ2n) is 2.65. The van der Waals surface area contributed by atoms with Crippen LogP contribution in [-0.2, 0) is 0 Å². The molecule has 0 saturated carbocycles. The zero-order valence-corrected chi connectivity index (χ0v) is 8.08. The number of nitrogens with one attached hydrogen (secondary N) is 1. The van der Waals surface area contributed by atoms with Gasteiger partial charge in [0.25, 0.3) is 0 Å². The Kier molecular flexibility index (Phi) is 2.99.